The molecule has 7 nitrogen and oxygen atoms in total. The maximum absolute atomic E-state index is 13.3. The highest BCUT2D eigenvalue weighted by atomic mass is 19.1. The molecular weight excluding hydrogens is 407 g/mol. The highest BCUT2D eigenvalue weighted by molar-refractivity contribution is 5.94. The van der Waals surface area contributed by atoms with Gasteiger partial charge in [0, 0.05) is 22.9 Å². The van der Waals surface area contributed by atoms with Crippen molar-refractivity contribution in [1.82, 2.24) is 25.2 Å². The first-order chi connectivity index (χ1) is 15.7. The molecule has 2 aromatic carbocycles. The van der Waals surface area contributed by atoms with Gasteiger partial charge in [-0.2, -0.15) is 4.98 Å². The van der Waals surface area contributed by atoms with Gasteiger partial charge < -0.3 is 16.0 Å². The third-order valence-electron chi connectivity index (χ3n) is 5.58. The second-order valence-electron chi connectivity index (χ2n) is 7.82. The summed E-state index contributed by atoms with van der Waals surface area (Å²) in [6, 6.07) is 19.4. The molecule has 0 spiro atoms. The van der Waals surface area contributed by atoms with E-state index in [1.165, 1.54) is 12.1 Å². The van der Waals surface area contributed by atoms with E-state index >= 15 is 0 Å². The number of benzene rings is 2. The lowest BCUT2D eigenvalue weighted by Gasteiger charge is -2.23. The number of nitrogens with zero attached hydrogens (tertiary/aromatic N) is 3. The van der Waals surface area contributed by atoms with Gasteiger partial charge in [-0.25, -0.2) is 8.91 Å². The lowest BCUT2D eigenvalue weighted by molar-refractivity contribution is 0.0929. The molecule has 1 aliphatic heterocycles. The van der Waals surface area contributed by atoms with E-state index in [1.54, 1.807) is 28.8 Å². The van der Waals surface area contributed by atoms with Gasteiger partial charge >= 0.3 is 0 Å². The molecule has 1 saturated heterocycles. The first kappa shape index (κ1) is 20.1. The summed E-state index contributed by atoms with van der Waals surface area (Å²) in [5, 5.41) is 14.1. The number of amides is 1. The standard InChI is InChI=1S/C24H23FN6O/c25-18-8-4-16(5-9-18)21-2-1-3-22-29-24(30-31(21)22)28-19-10-6-17(7-11-19)23(32)27-20-12-14-26-15-13-20/h1-11,20,26H,12-15H2,(H,27,32)(H,28,30). The fourth-order valence-corrected chi connectivity index (χ4v) is 3.87. The maximum atomic E-state index is 13.3. The van der Waals surface area contributed by atoms with Crippen molar-refractivity contribution in [1.29, 1.82) is 0 Å². The second kappa shape index (κ2) is 8.76. The number of carbonyl (C=O) groups is 1. The number of carbonyl (C=O) groups excluding carboxylic acids is 1. The fraction of sp³-hybridized carbons (Fsp3) is 0.208. The summed E-state index contributed by atoms with van der Waals surface area (Å²) in [5.41, 5.74) is 3.73. The Morgan fingerprint density at radius 1 is 1.00 bits per heavy atom. The summed E-state index contributed by atoms with van der Waals surface area (Å²) in [6.45, 7) is 1.87. The van der Waals surface area contributed by atoms with Crippen molar-refractivity contribution < 1.29 is 9.18 Å². The molecular formula is C24H23FN6O. The van der Waals surface area contributed by atoms with E-state index in [2.05, 4.69) is 26.0 Å². The monoisotopic (exact) mass is 430 g/mol. The van der Waals surface area contributed by atoms with E-state index in [0.29, 0.717) is 17.2 Å². The summed E-state index contributed by atoms with van der Waals surface area (Å²) in [7, 11) is 0. The molecule has 0 radical (unpaired) electrons. The molecule has 0 bridgehead atoms. The first-order valence-electron chi connectivity index (χ1n) is 10.7. The molecule has 4 aromatic rings. The fourth-order valence-electron chi connectivity index (χ4n) is 3.87. The summed E-state index contributed by atoms with van der Waals surface area (Å²) < 4.78 is 15.0. The Hall–Kier alpha value is -3.78. The zero-order chi connectivity index (χ0) is 21.9. The highest BCUT2D eigenvalue weighted by Crippen LogP contribution is 2.22. The zero-order valence-electron chi connectivity index (χ0n) is 17.4. The third kappa shape index (κ3) is 4.31. The highest BCUT2D eigenvalue weighted by Gasteiger charge is 2.16. The van der Waals surface area contributed by atoms with Gasteiger partial charge in [-0.15, -0.1) is 5.10 Å². The summed E-state index contributed by atoms with van der Waals surface area (Å²) in [5.74, 6) is 0.0967. The van der Waals surface area contributed by atoms with Gasteiger partial charge in [0.2, 0.25) is 5.95 Å². The second-order valence-corrected chi connectivity index (χ2v) is 7.82. The number of rotatable bonds is 5. The van der Waals surface area contributed by atoms with Crippen molar-refractivity contribution >= 4 is 23.2 Å². The Bertz CT molecular complexity index is 1230. The topological polar surface area (TPSA) is 83.4 Å². The molecule has 0 aliphatic carbocycles. The Labute approximate surface area is 184 Å². The van der Waals surface area contributed by atoms with Gasteiger partial charge in [-0.1, -0.05) is 6.07 Å². The first-order valence-corrected chi connectivity index (χ1v) is 10.7. The average molecular weight is 430 g/mol. The van der Waals surface area contributed by atoms with Crippen LogP contribution in [-0.4, -0.2) is 39.6 Å². The average Bonchev–Trinajstić information content (AvgIpc) is 3.23. The van der Waals surface area contributed by atoms with Crippen molar-refractivity contribution in [2.75, 3.05) is 18.4 Å². The van der Waals surface area contributed by atoms with Crippen LogP contribution in [0, 0.1) is 5.82 Å². The molecule has 3 heterocycles. The van der Waals surface area contributed by atoms with E-state index in [9.17, 15) is 9.18 Å². The van der Waals surface area contributed by atoms with Crippen molar-refractivity contribution in [2.45, 2.75) is 18.9 Å². The number of halogens is 1. The maximum Gasteiger partial charge on any atom is 0.251 e. The lowest BCUT2D eigenvalue weighted by Crippen LogP contribution is -2.42. The molecule has 3 N–H and O–H groups in total. The molecule has 32 heavy (non-hydrogen) atoms. The van der Waals surface area contributed by atoms with Gasteiger partial charge in [-0.05, 0) is 86.6 Å². The van der Waals surface area contributed by atoms with E-state index in [-0.39, 0.29) is 17.8 Å². The van der Waals surface area contributed by atoms with Crippen LogP contribution in [0.3, 0.4) is 0 Å². The van der Waals surface area contributed by atoms with Gasteiger partial charge in [-0.3, -0.25) is 4.79 Å². The molecule has 0 saturated carbocycles. The van der Waals surface area contributed by atoms with Crippen LogP contribution in [0.15, 0.2) is 66.7 Å². The van der Waals surface area contributed by atoms with E-state index < -0.39 is 0 Å². The Balaban J connectivity index is 1.31. The molecule has 1 fully saturated rings. The molecule has 1 amide bonds. The molecule has 8 heteroatoms. The molecule has 5 rings (SSSR count). The number of pyridine rings is 1. The number of fused-ring (bicyclic) bond motifs is 1. The van der Waals surface area contributed by atoms with Crippen LogP contribution >= 0.6 is 0 Å². The van der Waals surface area contributed by atoms with Crippen LogP contribution in [0.4, 0.5) is 16.0 Å². The van der Waals surface area contributed by atoms with Crippen LogP contribution in [0.1, 0.15) is 23.2 Å². The van der Waals surface area contributed by atoms with E-state index in [0.717, 1.165) is 42.9 Å². The number of hydrogen-bond acceptors (Lipinski definition) is 5. The summed E-state index contributed by atoms with van der Waals surface area (Å²) in [6.07, 6.45) is 1.90. The van der Waals surface area contributed by atoms with E-state index in [4.69, 9.17) is 0 Å². The third-order valence-corrected chi connectivity index (χ3v) is 5.58. The van der Waals surface area contributed by atoms with Gasteiger partial charge in [0.05, 0.1) is 5.69 Å². The smallest absolute Gasteiger partial charge is 0.251 e. The number of anilines is 2. The van der Waals surface area contributed by atoms with Crippen molar-refractivity contribution in [3.63, 3.8) is 0 Å². The van der Waals surface area contributed by atoms with Crippen molar-refractivity contribution in [3.05, 3.63) is 78.1 Å². The number of nitrogens with one attached hydrogen (secondary N) is 3. The minimum Gasteiger partial charge on any atom is -0.349 e. The molecule has 2 aromatic heterocycles. The Kier molecular flexibility index (Phi) is 5.51. The van der Waals surface area contributed by atoms with Crippen LogP contribution in [0.2, 0.25) is 0 Å². The minimum absolute atomic E-state index is 0.0572. The normalized spacial score (nSPS) is 14.4. The predicted octanol–water partition coefficient (Wildman–Crippen LogP) is 3.76. The summed E-state index contributed by atoms with van der Waals surface area (Å²) in [4.78, 5) is 17.0. The van der Waals surface area contributed by atoms with Crippen LogP contribution in [0.25, 0.3) is 16.9 Å². The van der Waals surface area contributed by atoms with Crippen LogP contribution < -0.4 is 16.0 Å². The van der Waals surface area contributed by atoms with Crippen LogP contribution in [-0.2, 0) is 0 Å². The molecule has 1 aliphatic rings. The summed E-state index contributed by atoms with van der Waals surface area (Å²) >= 11 is 0. The van der Waals surface area contributed by atoms with E-state index in [1.807, 2.05) is 30.3 Å². The number of hydrogen-bond donors (Lipinski definition) is 3. The van der Waals surface area contributed by atoms with Crippen molar-refractivity contribution in [2.24, 2.45) is 0 Å². The Morgan fingerprint density at radius 2 is 1.75 bits per heavy atom. The molecule has 0 atom stereocenters. The number of piperidine rings is 1. The largest absolute Gasteiger partial charge is 0.349 e. The molecule has 0 unspecified atom stereocenters. The van der Waals surface area contributed by atoms with Crippen LogP contribution in [0.5, 0.6) is 0 Å². The SMILES string of the molecule is O=C(NC1CCNCC1)c1ccc(Nc2nc3cccc(-c4ccc(F)cc4)n3n2)cc1. The van der Waals surface area contributed by atoms with Gasteiger partial charge in [0.15, 0.2) is 5.65 Å². The zero-order valence-corrected chi connectivity index (χ0v) is 17.4. The quantitative estimate of drug-likeness (QED) is 0.449. The number of aromatic nitrogens is 3. The van der Waals surface area contributed by atoms with Crippen molar-refractivity contribution in [3.8, 4) is 11.3 Å². The van der Waals surface area contributed by atoms with Gasteiger partial charge in [0.1, 0.15) is 5.82 Å². The Morgan fingerprint density at radius 3 is 2.50 bits per heavy atom. The lowest BCUT2D eigenvalue weighted by atomic mass is 10.1. The molecule has 162 valence electrons. The predicted molar refractivity (Wildman–Crippen MR) is 121 cm³/mol. The van der Waals surface area contributed by atoms with Gasteiger partial charge in [0.25, 0.3) is 5.91 Å². The minimum atomic E-state index is -0.283.